The van der Waals surface area contributed by atoms with Gasteiger partial charge in [0.15, 0.2) is 17.1 Å². The number of ether oxygens (including phenoxy) is 2. The molecule has 3 atom stereocenters. The Bertz CT molecular complexity index is 1240. The van der Waals surface area contributed by atoms with E-state index in [-0.39, 0.29) is 30.3 Å². The molecule has 2 aromatic rings. The highest BCUT2D eigenvalue weighted by molar-refractivity contribution is 6.20. The summed E-state index contributed by atoms with van der Waals surface area (Å²) in [5.74, 6) is -1.22. The molecule has 4 amide bonds. The van der Waals surface area contributed by atoms with Gasteiger partial charge < -0.3 is 24.2 Å². The van der Waals surface area contributed by atoms with Gasteiger partial charge in [-0.05, 0) is 44.2 Å². The highest BCUT2D eigenvalue weighted by Gasteiger charge is 2.63. The largest absolute Gasteiger partial charge is 0.381 e. The van der Waals surface area contributed by atoms with Crippen molar-refractivity contribution >= 4 is 40.3 Å². The standard InChI is InChI=1S/C24H28FN5O6/c1-11-10-30-17-14(8-24(19(30)12(2)35-11)21(31)27-23(33)28-22(24)32)7-15-18(16(17)25)36-29-20(15)26-9-13-3-5-34-6-4-13/h7,11-13,19H,3-6,8-10H2,1-2H3,(H,26,29)(H2,27,28,31,32,33)/t11-,12+,19-/m1/s1. The van der Waals surface area contributed by atoms with E-state index in [1.165, 1.54) is 0 Å². The second kappa shape index (κ2) is 8.41. The van der Waals surface area contributed by atoms with Crippen LogP contribution in [0.4, 0.5) is 20.7 Å². The molecule has 3 fully saturated rings. The summed E-state index contributed by atoms with van der Waals surface area (Å²) in [6.07, 6.45) is 0.873. The molecule has 0 bridgehead atoms. The van der Waals surface area contributed by atoms with E-state index < -0.39 is 41.2 Å². The Labute approximate surface area is 206 Å². The Morgan fingerprint density at radius 1 is 1.19 bits per heavy atom. The molecule has 0 unspecified atom stereocenters. The van der Waals surface area contributed by atoms with Crippen LogP contribution in [0.2, 0.25) is 0 Å². The summed E-state index contributed by atoms with van der Waals surface area (Å²) < 4.78 is 32.9. The number of benzene rings is 1. The lowest BCUT2D eigenvalue weighted by molar-refractivity contribution is -0.153. The van der Waals surface area contributed by atoms with Gasteiger partial charge in [0.25, 0.3) is 0 Å². The topological polar surface area (TPSA) is 135 Å². The zero-order chi connectivity index (χ0) is 25.2. The maximum atomic E-state index is 16.1. The van der Waals surface area contributed by atoms with Gasteiger partial charge in [0, 0.05) is 32.7 Å². The number of nitrogens with one attached hydrogen (secondary N) is 3. The van der Waals surface area contributed by atoms with Crippen LogP contribution in [0.1, 0.15) is 32.3 Å². The monoisotopic (exact) mass is 501 g/mol. The summed E-state index contributed by atoms with van der Waals surface area (Å²) in [5.41, 5.74) is -0.926. The van der Waals surface area contributed by atoms with Crippen LogP contribution in [-0.2, 0) is 25.5 Å². The Balaban J connectivity index is 1.45. The van der Waals surface area contributed by atoms with Gasteiger partial charge in [-0.15, -0.1) is 0 Å². The van der Waals surface area contributed by atoms with Crippen molar-refractivity contribution in [3.63, 3.8) is 0 Å². The molecule has 1 aromatic carbocycles. The molecule has 1 aromatic heterocycles. The summed E-state index contributed by atoms with van der Waals surface area (Å²) in [5, 5.41) is 12.3. The Morgan fingerprint density at radius 2 is 1.92 bits per heavy atom. The molecule has 36 heavy (non-hydrogen) atoms. The predicted octanol–water partition coefficient (Wildman–Crippen LogP) is 1.70. The van der Waals surface area contributed by atoms with Crippen LogP contribution in [0.3, 0.4) is 0 Å². The number of hydrogen-bond donors (Lipinski definition) is 3. The average molecular weight is 502 g/mol. The minimum absolute atomic E-state index is 0.0115. The molecule has 3 saturated heterocycles. The lowest BCUT2D eigenvalue weighted by atomic mass is 9.66. The lowest BCUT2D eigenvalue weighted by Gasteiger charge is -2.55. The summed E-state index contributed by atoms with van der Waals surface area (Å²) >= 11 is 0. The van der Waals surface area contributed by atoms with Gasteiger partial charge in [-0.25, -0.2) is 9.18 Å². The van der Waals surface area contributed by atoms with Crippen molar-refractivity contribution in [2.24, 2.45) is 11.3 Å². The fourth-order valence-electron chi connectivity index (χ4n) is 6.27. The van der Waals surface area contributed by atoms with Crippen LogP contribution in [0, 0.1) is 17.2 Å². The van der Waals surface area contributed by atoms with Gasteiger partial charge in [-0.3, -0.25) is 20.2 Å². The third-order valence-electron chi connectivity index (χ3n) is 7.86. The maximum Gasteiger partial charge on any atom is 0.328 e. The Morgan fingerprint density at radius 3 is 2.64 bits per heavy atom. The summed E-state index contributed by atoms with van der Waals surface area (Å²) in [7, 11) is 0. The van der Waals surface area contributed by atoms with Crippen molar-refractivity contribution in [1.29, 1.82) is 0 Å². The first-order valence-electron chi connectivity index (χ1n) is 12.3. The van der Waals surface area contributed by atoms with Crippen molar-refractivity contribution in [2.75, 3.05) is 36.5 Å². The highest BCUT2D eigenvalue weighted by atomic mass is 19.1. The highest BCUT2D eigenvalue weighted by Crippen LogP contribution is 2.49. The number of urea groups is 1. The van der Waals surface area contributed by atoms with E-state index in [4.69, 9.17) is 14.0 Å². The number of halogens is 1. The van der Waals surface area contributed by atoms with Crippen LogP contribution >= 0.6 is 0 Å². The van der Waals surface area contributed by atoms with Crippen molar-refractivity contribution in [2.45, 2.75) is 51.4 Å². The van der Waals surface area contributed by atoms with Gasteiger partial charge in [0.05, 0.1) is 29.3 Å². The van der Waals surface area contributed by atoms with Crippen LogP contribution in [0.25, 0.3) is 11.0 Å². The third-order valence-corrected chi connectivity index (χ3v) is 7.86. The van der Waals surface area contributed by atoms with Crippen molar-refractivity contribution in [3.8, 4) is 0 Å². The van der Waals surface area contributed by atoms with Crippen molar-refractivity contribution in [1.82, 2.24) is 15.8 Å². The molecule has 4 aliphatic rings. The minimum Gasteiger partial charge on any atom is -0.381 e. The smallest absolute Gasteiger partial charge is 0.328 e. The molecule has 5 heterocycles. The molecule has 192 valence electrons. The third kappa shape index (κ3) is 3.38. The second-order valence-electron chi connectivity index (χ2n) is 10.2. The zero-order valence-corrected chi connectivity index (χ0v) is 20.1. The number of carbonyl (C=O) groups is 3. The Kier molecular flexibility index (Phi) is 5.41. The molecule has 0 aliphatic carbocycles. The van der Waals surface area contributed by atoms with Crippen molar-refractivity contribution in [3.05, 3.63) is 17.4 Å². The number of hydrogen-bond acceptors (Lipinski definition) is 9. The van der Waals surface area contributed by atoms with Gasteiger partial charge >= 0.3 is 6.03 Å². The fraction of sp³-hybridized carbons (Fsp3) is 0.583. The summed E-state index contributed by atoms with van der Waals surface area (Å²) in [6, 6.07) is 0.0392. The number of anilines is 2. The molecule has 12 heteroatoms. The normalized spacial score (nSPS) is 28.0. The Hall–Kier alpha value is -3.25. The van der Waals surface area contributed by atoms with E-state index in [2.05, 4.69) is 21.1 Å². The number of fused-ring (bicyclic) bond motifs is 5. The minimum atomic E-state index is -1.67. The van der Waals surface area contributed by atoms with E-state index in [1.54, 1.807) is 17.9 Å². The molecule has 6 rings (SSSR count). The SMILES string of the molecule is C[C@@H]1CN2c3c(cc4c(NCC5CCOCC5)noc4c3F)CC3(C(=O)NC(=O)NC3=O)[C@H]2[C@H](C)O1. The molecule has 11 nitrogen and oxygen atoms in total. The van der Waals surface area contributed by atoms with Gasteiger partial charge in [-0.1, -0.05) is 5.16 Å². The molecule has 3 N–H and O–H groups in total. The zero-order valence-electron chi connectivity index (χ0n) is 20.1. The first kappa shape index (κ1) is 23.2. The van der Waals surface area contributed by atoms with Gasteiger partial charge in [0.2, 0.25) is 17.4 Å². The molecular formula is C24H28FN5O6. The van der Waals surface area contributed by atoms with Gasteiger partial charge in [-0.2, -0.15) is 0 Å². The quantitative estimate of drug-likeness (QED) is 0.537. The summed E-state index contributed by atoms with van der Waals surface area (Å²) in [6.45, 7) is 5.91. The van der Waals surface area contributed by atoms with E-state index in [9.17, 15) is 14.4 Å². The van der Waals surface area contributed by atoms with E-state index in [0.717, 1.165) is 12.8 Å². The van der Waals surface area contributed by atoms with Crippen LogP contribution in [0.15, 0.2) is 10.6 Å². The number of carbonyl (C=O) groups excluding carboxylic acids is 3. The second-order valence-corrected chi connectivity index (χ2v) is 10.2. The number of rotatable bonds is 3. The predicted molar refractivity (Wildman–Crippen MR) is 125 cm³/mol. The number of morpholine rings is 1. The number of nitrogens with zero attached hydrogens (tertiary/aromatic N) is 2. The lowest BCUT2D eigenvalue weighted by Crippen LogP contribution is -2.75. The number of amides is 4. The summed E-state index contributed by atoms with van der Waals surface area (Å²) in [4.78, 5) is 40.2. The molecular weight excluding hydrogens is 473 g/mol. The maximum absolute atomic E-state index is 16.1. The van der Waals surface area contributed by atoms with E-state index in [0.29, 0.717) is 42.4 Å². The van der Waals surface area contributed by atoms with Crippen molar-refractivity contribution < 1.29 is 32.8 Å². The molecule has 0 saturated carbocycles. The van der Waals surface area contributed by atoms with Crippen LogP contribution in [-0.4, -0.2) is 67.6 Å². The van der Waals surface area contributed by atoms with Crippen LogP contribution < -0.4 is 20.9 Å². The molecule has 0 radical (unpaired) electrons. The molecule has 1 spiro atoms. The van der Waals surface area contributed by atoms with E-state index >= 15 is 4.39 Å². The first-order valence-corrected chi connectivity index (χ1v) is 12.3. The van der Waals surface area contributed by atoms with E-state index in [1.807, 2.05) is 6.92 Å². The number of imide groups is 2. The number of aromatic nitrogens is 1. The average Bonchev–Trinajstić information content (AvgIpc) is 3.24. The molecule has 4 aliphatic heterocycles. The van der Waals surface area contributed by atoms with Gasteiger partial charge in [0.1, 0.15) is 0 Å². The van der Waals surface area contributed by atoms with Crippen LogP contribution in [0.5, 0.6) is 0 Å². The first-order chi connectivity index (χ1) is 17.3. The fourth-order valence-corrected chi connectivity index (χ4v) is 6.27. The number of barbiturate groups is 1.